The summed E-state index contributed by atoms with van der Waals surface area (Å²) >= 11 is 1.59. The van der Waals surface area contributed by atoms with Crippen molar-refractivity contribution in [2.75, 3.05) is 6.54 Å². The van der Waals surface area contributed by atoms with Gasteiger partial charge < -0.3 is 15.2 Å². The predicted molar refractivity (Wildman–Crippen MR) is 91.9 cm³/mol. The van der Waals surface area contributed by atoms with Gasteiger partial charge in [-0.15, -0.1) is 0 Å². The molecule has 3 heterocycles. The summed E-state index contributed by atoms with van der Waals surface area (Å²) in [6.07, 6.45) is 6.49. The normalized spacial score (nSPS) is 20.7. The minimum absolute atomic E-state index is 0.0546. The molecule has 2 aromatic rings. The number of hydrogen-bond acceptors (Lipinski definition) is 4. The van der Waals surface area contributed by atoms with Crippen molar-refractivity contribution in [2.45, 2.75) is 44.2 Å². The van der Waals surface area contributed by atoms with Crippen molar-refractivity contribution >= 4 is 23.2 Å². The summed E-state index contributed by atoms with van der Waals surface area (Å²) in [6, 6.07) is 2.20. The Morgan fingerprint density at radius 2 is 2.25 bits per heavy atom. The number of nitrogens with zero attached hydrogens (tertiary/aromatic N) is 2. The quantitative estimate of drug-likeness (QED) is 0.894. The third-order valence-electron chi connectivity index (χ3n) is 4.81. The van der Waals surface area contributed by atoms with Crippen molar-refractivity contribution < 1.29 is 9.59 Å². The molecule has 1 saturated carbocycles. The highest BCUT2D eigenvalue weighted by Gasteiger charge is 2.30. The Morgan fingerprint density at radius 3 is 3.00 bits per heavy atom. The van der Waals surface area contributed by atoms with E-state index in [-0.39, 0.29) is 17.9 Å². The molecule has 7 heteroatoms. The van der Waals surface area contributed by atoms with E-state index < -0.39 is 0 Å². The van der Waals surface area contributed by atoms with Gasteiger partial charge in [0, 0.05) is 30.0 Å². The van der Waals surface area contributed by atoms with Crippen molar-refractivity contribution in [1.29, 1.82) is 0 Å². The van der Waals surface area contributed by atoms with Gasteiger partial charge in [0.1, 0.15) is 11.5 Å². The second kappa shape index (κ2) is 6.39. The van der Waals surface area contributed by atoms with Gasteiger partial charge in [0.15, 0.2) is 0 Å². The van der Waals surface area contributed by atoms with Crippen molar-refractivity contribution in [3.63, 3.8) is 0 Å². The van der Waals surface area contributed by atoms with Crippen LogP contribution in [-0.2, 0) is 4.79 Å². The summed E-state index contributed by atoms with van der Waals surface area (Å²) in [5, 5.41) is 10.00. The second-order valence-electron chi connectivity index (χ2n) is 6.47. The van der Waals surface area contributed by atoms with Crippen LogP contribution >= 0.6 is 11.3 Å². The molecule has 6 nitrogen and oxygen atoms in total. The number of imidazole rings is 1. The van der Waals surface area contributed by atoms with Crippen molar-refractivity contribution in [1.82, 2.24) is 20.2 Å². The van der Waals surface area contributed by atoms with E-state index in [2.05, 4.69) is 15.6 Å². The zero-order valence-corrected chi connectivity index (χ0v) is 14.1. The molecule has 2 amide bonds. The molecule has 4 rings (SSSR count). The molecule has 1 aliphatic carbocycles. The largest absolute Gasteiger partial charge is 0.353 e. The molecule has 2 N–H and O–H groups in total. The van der Waals surface area contributed by atoms with Gasteiger partial charge in [-0.05, 0) is 24.3 Å². The Balaban J connectivity index is 1.57. The average molecular weight is 344 g/mol. The van der Waals surface area contributed by atoms with Gasteiger partial charge in [-0.25, -0.2) is 4.98 Å². The molecule has 1 unspecified atom stereocenters. The molecule has 126 valence electrons. The summed E-state index contributed by atoms with van der Waals surface area (Å²) in [6.45, 7) is 0.456. The lowest BCUT2D eigenvalue weighted by atomic mass is 10.1. The molecule has 1 atom stereocenters. The van der Waals surface area contributed by atoms with Crippen LogP contribution in [-0.4, -0.2) is 34.0 Å². The Hall–Kier alpha value is -2.15. The van der Waals surface area contributed by atoms with Crippen LogP contribution in [0.25, 0.3) is 11.4 Å². The number of carbonyl (C=O) groups is 2. The van der Waals surface area contributed by atoms with E-state index in [9.17, 15) is 9.59 Å². The summed E-state index contributed by atoms with van der Waals surface area (Å²) in [7, 11) is 0. The van der Waals surface area contributed by atoms with E-state index in [4.69, 9.17) is 0 Å². The van der Waals surface area contributed by atoms with Crippen LogP contribution in [0.3, 0.4) is 0 Å². The number of amides is 2. The van der Waals surface area contributed by atoms with Crippen LogP contribution in [0.1, 0.15) is 48.6 Å². The van der Waals surface area contributed by atoms with Crippen molar-refractivity contribution in [2.24, 2.45) is 0 Å². The fraction of sp³-hybridized carbons (Fsp3) is 0.471. The highest BCUT2D eigenvalue weighted by Crippen LogP contribution is 2.29. The SMILES string of the molecule is O=C(CC1CNC(=O)c2cnc(-c3ccsc3)n21)NC1CCCC1. The average Bonchev–Trinajstić information content (AvgIpc) is 3.29. The number of fused-ring (bicyclic) bond motifs is 1. The molecule has 2 aliphatic rings. The number of nitrogens with one attached hydrogen (secondary N) is 2. The Bertz CT molecular complexity index is 747. The summed E-state index contributed by atoms with van der Waals surface area (Å²) in [4.78, 5) is 29.0. The molecule has 0 radical (unpaired) electrons. The fourth-order valence-corrected chi connectivity index (χ4v) is 4.26. The van der Waals surface area contributed by atoms with Gasteiger partial charge in [-0.2, -0.15) is 11.3 Å². The van der Waals surface area contributed by atoms with Crippen LogP contribution < -0.4 is 10.6 Å². The summed E-state index contributed by atoms with van der Waals surface area (Å²) in [5.41, 5.74) is 1.52. The first-order valence-corrected chi connectivity index (χ1v) is 9.34. The third-order valence-corrected chi connectivity index (χ3v) is 5.50. The van der Waals surface area contributed by atoms with Gasteiger partial charge in [-0.3, -0.25) is 9.59 Å². The van der Waals surface area contributed by atoms with Gasteiger partial charge in [0.25, 0.3) is 5.91 Å². The lowest BCUT2D eigenvalue weighted by Crippen LogP contribution is -2.42. The minimum atomic E-state index is -0.128. The predicted octanol–water partition coefficient (Wildman–Crippen LogP) is 2.35. The molecule has 0 bridgehead atoms. The topological polar surface area (TPSA) is 76.0 Å². The van der Waals surface area contributed by atoms with E-state index in [1.54, 1.807) is 17.5 Å². The zero-order valence-electron chi connectivity index (χ0n) is 13.3. The summed E-state index contributed by atoms with van der Waals surface area (Å²) in [5.74, 6) is 0.690. The summed E-state index contributed by atoms with van der Waals surface area (Å²) < 4.78 is 1.93. The highest BCUT2D eigenvalue weighted by molar-refractivity contribution is 7.08. The fourth-order valence-electron chi connectivity index (χ4n) is 3.63. The number of aromatic nitrogens is 2. The van der Waals surface area contributed by atoms with Gasteiger partial charge >= 0.3 is 0 Å². The molecule has 0 aromatic carbocycles. The van der Waals surface area contributed by atoms with Crippen LogP contribution in [0, 0.1) is 0 Å². The lowest BCUT2D eigenvalue weighted by Gasteiger charge is -2.27. The molecule has 0 spiro atoms. The maximum Gasteiger partial charge on any atom is 0.269 e. The Morgan fingerprint density at radius 1 is 1.42 bits per heavy atom. The molecule has 1 aliphatic heterocycles. The van der Waals surface area contributed by atoms with E-state index in [1.165, 1.54) is 12.8 Å². The van der Waals surface area contributed by atoms with Crippen molar-refractivity contribution in [3.05, 3.63) is 28.7 Å². The van der Waals surface area contributed by atoms with Crippen molar-refractivity contribution in [3.8, 4) is 11.4 Å². The Kier molecular flexibility index (Phi) is 4.10. The lowest BCUT2D eigenvalue weighted by molar-refractivity contribution is -0.122. The third kappa shape index (κ3) is 2.84. The maximum atomic E-state index is 12.4. The number of rotatable bonds is 4. The second-order valence-corrected chi connectivity index (χ2v) is 7.25. The molecule has 1 fully saturated rings. The first kappa shape index (κ1) is 15.4. The molecule has 2 aromatic heterocycles. The van der Waals surface area contributed by atoms with E-state index >= 15 is 0 Å². The smallest absolute Gasteiger partial charge is 0.269 e. The molecular weight excluding hydrogens is 324 g/mol. The standard InChI is InChI=1S/C17H20N4O2S/c22-15(20-12-3-1-2-4-12)7-13-8-19-17(23)14-9-18-16(21(13)14)11-5-6-24-10-11/h5-6,9-10,12-13H,1-4,7-8H2,(H,19,23)(H,20,22). The van der Waals surface area contributed by atoms with Gasteiger partial charge in [0.2, 0.25) is 5.91 Å². The van der Waals surface area contributed by atoms with Crippen LogP contribution in [0.2, 0.25) is 0 Å². The van der Waals surface area contributed by atoms with E-state index in [0.717, 1.165) is 24.2 Å². The van der Waals surface area contributed by atoms with E-state index in [1.807, 2.05) is 21.4 Å². The number of carbonyl (C=O) groups excluding carboxylic acids is 2. The zero-order chi connectivity index (χ0) is 16.5. The first-order valence-electron chi connectivity index (χ1n) is 8.40. The van der Waals surface area contributed by atoms with Crippen LogP contribution in [0.5, 0.6) is 0 Å². The maximum absolute atomic E-state index is 12.4. The van der Waals surface area contributed by atoms with Crippen LogP contribution in [0.15, 0.2) is 23.0 Å². The molecular formula is C17H20N4O2S. The van der Waals surface area contributed by atoms with Crippen LogP contribution in [0.4, 0.5) is 0 Å². The number of thiophene rings is 1. The highest BCUT2D eigenvalue weighted by atomic mass is 32.1. The monoisotopic (exact) mass is 344 g/mol. The molecule has 0 saturated heterocycles. The number of hydrogen-bond donors (Lipinski definition) is 2. The first-order chi connectivity index (χ1) is 11.7. The van der Waals surface area contributed by atoms with E-state index in [0.29, 0.717) is 24.7 Å². The van der Waals surface area contributed by atoms with Gasteiger partial charge in [-0.1, -0.05) is 12.8 Å². The molecule has 24 heavy (non-hydrogen) atoms. The Labute approximate surface area is 144 Å². The van der Waals surface area contributed by atoms with Gasteiger partial charge in [0.05, 0.1) is 12.2 Å². The minimum Gasteiger partial charge on any atom is -0.353 e.